The van der Waals surface area contributed by atoms with Crippen molar-refractivity contribution in [2.24, 2.45) is 10.8 Å². The molecule has 1 aliphatic carbocycles. The van der Waals surface area contributed by atoms with Gasteiger partial charge in [-0.15, -0.1) is 0 Å². The van der Waals surface area contributed by atoms with E-state index in [0.717, 1.165) is 5.56 Å². The summed E-state index contributed by atoms with van der Waals surface area (Å²) in [7, 11) is 0. The lowest BCUT2D eigenvalue weighted by Gasteiger charge is -2.45. The molecule has 1 aromatic carbocycles. The van der Waals surface area contributed by atoms with Gasteiger partial charge in [0.2, 0.25) is 0 Å². The van der Waals surface area contributed by atoms with Crippen LogP contribution in [0.5, 0.6) is 0 Å². The fourth-order valence-electron chi connectivity index (χ4n) is 4.06. The highest BCUT2D eigenvalue weighted by Crippen LogP contribution is 2.45. The molecule has 2 rings (SSSR count). The number of rotatable bonds is 4. The maximum Gasteiger partial charge on any atom is 0.0914 e. The molecule has 2 N–H and O–H groups in total. The maximum absolute atomic E-state index is 10.2. The van der Waals surface area contributed by atoms with Gasteiger partial charge in [-0.25, -0.2) is 0 Å². The third-order valence-corrected chi connectivity index (χ3v) is 4.34. The number of hydrogen-bond donors (Lipinski definition) is 2. The zero-order chi connectivity index (χ0) is 14.8. The van der Waals surface area contributed by atoms with Crippen LogP contribution >= 0.6 is 0 Å². The van der Waals surface area contributed by atoms with Crippen LogP contribution in [0.2, 0.25) is 0 Å². The van der Waals surface area contributed by atoms with Crippen molar-refractivity contribution in [3.63, 3.8) is 0 Å². The van der Waals surface area contributed by atoms with E-state index in [-0.39, 0.29) is 0 Å². The summed E-state index contributed by atoms with van der Waals surface area (Å²) in [5.74, 6) is 0. The van der Waals surface area contributed by atoms with Crippen molar-refractivity contribution in [3.05, 3.63) is 35.9 Å². The molecule has 112 valence electrons. The molecule has 0 bridgehead atoms. The van der Waals surface area contributed by atoms with Crippen LogP contribution in [0.15, 0.2) is 30.3 Å². The van der Waals surface area contributed by atoms with Gasteiger partial charge in [0.1, 0.15) is 0 Å². The van der Waals surface area contributed by atoms with Crippen LogP contribution in [0, 0.1) is 10.8 Å². The lowest BCUT2D eigenvalue weighted by atomic mass is 9.63. The van der Waals surface area contributed by atoms with Crippen LogP contribution in [-0.4, -0.2) is 17.7 Å². The van der Waals surface area contributed by atoms with Gasteiger partial charge in [0.25, 0.3) is 0 Å². The van der Waals surface area contributed by atoms with E-state index in [4.69, 9.17) is 0 Å². The van der Waals surface area contributed by atoms with Crippen LogP contribution in [0.3, 0.4) is 0 Å². The van der Waals surface area contributed by atoms with Crippen LogP contribution in [-0.2, 0) is 0 Å². The number of hydrogen-bond acceptors (Lipinski definition) is 2. The van der Waals surface area contributed by atoms with Crippen molar-refractivity contribution < 1.29 is 5.11 Å². The summed E-state index contributed by atoms with van der Waals surface area (Å²) in [5.41, 5.74) is 1.77. The molecule has 1 unspecified atom stereocenters. The standard InChI is InChI=1S/C18H29NO/c1-17(2)10-15(11-18(3,4)13-17)19-12-16(20)14-8-6-5-7-9-14/h5-9,15-16,19-20H,10-13H2,1-4H3. The minimum atomic E-state index is -0.413. The van der Waals surface area contributed by atoms with Crippen molar-refractivity contribution in [2.45, 2.75) is 59.1 Å². The molecule has 0 heterocycles. The van der Waals surface area contributed by atoms with E-state index in [1.54, 1.807) is 0 Å². The van der Waals surface area contributed by atoms with E-state index >= 15 is 0 Å². The zero-order valence-corrected chi connectivity index (χ0v) is 13.3. The van der Waals surface area contributed by atoms with E-state index in [9.17, 15) is 5.11 Å². The Morgan fingerprint density at radius 2 is 1.65 bits per heavy atom. The maximum atomic E-state index is 10.2. The van der Waals surface area contributed by atoms with Crippen LogP contribution in [0.4, 0.5) is 0 Å². The van der Waals surface area contributed by atoms with Crippen molar-refractivity contribution in [1.29, 1.82) is 0 Å². The Bertz CT molecular complexity index is 408. The summed E-state index contributed by atoms with van der Waals surface area (Å²) in [5, 5.41) is 13.8. The first-order valence-electron chi connectivity index (χ1n) is 7.74. The predicted molar refractivity (Wildman–Crippen MR) is 84.6 cm³/mol. The molecule has 0 saturated heterocycles. The first-order chi connectivity index (χ1) is 9.27. The largest absolute Gasteiger partial charge is 0.387 e. The summed E-state index contributed by atoms with van der Waals surface area (Å²) in [4.78, 5) is 0. The Morgan fingerprint density at radius 3 is 2.20 bits per heavy atom. The normalized spacial score (nSPS) is 23.4. The summed E-state index contributed by atoms with van der Waals surface area (Å²) in [6, 6.07) is 10.4. The molecule has 1 fully saturated rings. The monoisotopic (exact) mass is 275 g/mol. The van der Waals surface area contributed by atoms with Gasteiger partial charge in [-0.1, -0.05) is 58.0 Å². The highest BCUT2D eigenvalue weighted by atomic mass is 16.3. The predicted octanol–water partition coefficient (Wildman–Crippen LogP) is 3.91. The van der Waals surface area contributed by atoms with Crippen molar-refractivity contribution >= 4 is 0 Å². The van der Waals surface area contributed by atoms with Crippen LogP contribution in [0.1, 0.15) is 58.6 Å². The third-order valence-electron chi connectivity index (χ3n) is 4.34. The molecule has 2 heteroatoms. The van der Waals surface area contributed by atoms with Gasteiger partial charge in [-0.05, 0) is 35.7 Å². The number of benzene rings is 1. The lowest BCUT2D eigenvalue weighted by Crippen LogP contribution is -2.45. The van der Waals surface area contributed by atoms with Gasteiger partial charge in [0, 0.05) is 12.6 Å². The van der Waals surface area contributed by atoms with Gasteiger partial charge in [0.05, 0.1) is 6.10 Å². The molecule has 1 aliphatic rings. The van der Waals surface area contributed by atoms with Gasteiger partial charge >= 0.3 is 0 Å². The summed E-state index contributed by atoms with van der Waals surface area (Å²) >= 11 is 0. The quantitative estimate of drug-likeness (QED) is 0.873. The second-order valence-electron chi connectivity index (χ2n) is 7.95. The molecule has 0 radical (unpaired) electrons. The molecule has 0 aromatic heterocycles. The van der Waals surface area contributed by atoms with Crippen molar-refractivity contribution in [3.8, 4) is 0 Å². The average molecular weight is 275 g/mol. The summed E-state index contributed by atoms with van der Waals surface area (Å²) in [6.07, 6.45) is 3.25. The molecular weight excluding hydrogens is 246 g/mol. The van der Waals surface area contributed by atoms with Gasteiger partial charge in [-0.2, -0.15) is 0 Å². The number of nitrogens with one attached hydrogen (secondary N) is 1. The Morgan fingerprint density at radius 1 is 1.10 bits per heavy atom. The van der Waals surface area contributed by atoms with E-state index < -0.39 is 6.10 Å². The van der Waals surface area contributed by atoms with Gasteiger partial charge in [0.15, 0.2) is 0 Å². The topological polar surface area (TPSA) is 32.3 Å². The van der Waals surface area contributed by atoms with Crippen LogP contribution < -0.4 is 5.32 Å². The highest BCUT2D eigenvalue weighted by molar-refractivity contribution is 5.17. The van der Waals surface area contributed by atoms with Crippen molar-refractivity contribution in [1.82, 2.24) is 5.32 Å². The van der Waals surface area contributed by atoms with Crippen molar-refractivity contribution in [2.75, 3.05) is 6.54 Å². The van der Waals surface area contributed by atoms with E-state index in [2.05, 4.69) is 33.0 Å². The molecule has 0 spiro atoms. The molecule has 20 heavy (non-hydrogen) atoms. The first-order valence-corrected chi connectivity index (χ1v) is 7.74. The minimum absolute atomic E-state index is 0.386. The fourth-order valence-corrected chi connectivity index (χ4v) is 4.06. The van der Waals surface area contributed by atoms with Gasteiger partial charge in [-0.3, -0.25) is 0 Å². The highest BCUT2D eigenvalue weighted by Gasteiger charge is 2.38. The SMILES string of the molecule is CC1(C)CC(NCC(O)c2ccccc2)CC(C)(C)C1. The number of aliphatic hydroxyl groups excluding tert-OH is 1. The second kappa shape index (κ2) is 5.87. The number of aliphatic hydroxyl groups is 1. The second-order valence-corrected chi connectivity index (χ2v) is 7.95. The Kier molecular flexibility index (Phi) is 4.55. The zero-order valence-electron chi connectivity index (χ0n) is 13.3. The summed E-state index contributed by atoms with van der Waals surface area (Å²) in [6.45, 7) is 10.1. The Balaban J connectivity index is 1.90. The molecule has 1 aromatic rings. The molecular formula is C18H29NO. The Hall–Kier alpha value is -0.860. The van der Waals surface area contributed by atoms with Crippen LogP contribution in [0.25, 0.3) is 0 Å². The molecule has 0 amide bonds. The smallest absolute Gasteiger partial charge is 0.0914 e. The average Bonchev–Trinajstić information content (AvgIpc) is 2.33. The summed E-state index contributed by atoms with van der Waals surface area (Å²) < 4.78 is 0. The Labute approximate surface area is 123 Å². The van der Waals surface area contributed by atoms with Gasteiger partial charge < -0.3 is 10.4 Å². The molecule has 1 atom stereocenters. The van der Waals surface area contributed by atoms with E-state index in [1.807, 2.05) is 30.3 Å². The first kappa shape index (κ1) is 15.5. The lowest BCUT2D eigenvalue weighted by molar-refractivity contribution is 0.0760. The molecule has 0 aliphatic heterocycles. The fraction of sp³-hybridized carbons (Fsp3) is 0.667. The van der Waals surface area contributed by atoms with E-state index in [1.165, 1.54) is 19.3 Å². The molecule has 2 nitrogen and oxygen atoms in total. The minimum Gasteiger partial charge on any atom is -0.387 e. The van der Waals surface area contributed by atoms with E-state index in [0.29, 0.717) is 23.4 Å². The molecule has 1 saturated carbocycles. The third kappa shape index (κ3) is 4.32.